The number of aliphatic imine (C=N–C) groups is 1. The third-order valence-corrected chi connectivity index (χ3v) is 5.07. The molecule has 4 rings (SSSR count). The number of anilines is 1. The van der Waals surface area contributed by atoms with Crippen LogP contribution < -0.4 is 16.3 Å². The lowest BCUT2D eigenvalue weighted by molar-refractivity contribution is 0.380. The molecule has 1 aliphatic rings. The van der Waals surface area contributed by atoms with Crippen molar-refractivity contribution in [3.63, 3.8) is 0 Å². The molecule has 9 heteroatoms. The zero-order valence-electron chi connectivity index (χ0n) is 15.9. The number of para-hydroxylation sites is 2. The Kier molecular flexibility index (Phi) is 6.78. The van der Waals surface area contributed by atoms with Gasteiger partial charge >= 0.3 is 5.69 Å². The average molecular weight is 510 g/mol. The number of nitrogens with one attached hydrogen (secondary N) is 1. The minimum absolute atomic E-state index is 0. The van der Waals surface area contributed by atoms with Crippen molar-refractivity contribution in [3.05, 3.63) is 64.8 Å². The number of aromatic nitrogens is 2. The minimum atomic E-state index is -0.229. The molecular formula is C20H24FIN6O. The van der Waals surface area contributed by atoms with Crippen molar-refractivity contribution in [3.8, 4) is 0 Å². The fourth-order valence-corrected chi connectivity index (χ4v) is 3.54. The van der Waals surface area contributed by atoms with Crippen LogP contribution in [0.1, 0.15) is 0 Å². The first-order valence-electron chi connectivity index (χ1n) is 9.35. The minimum Gasteiger partial charge on any atom is -0.370 e. The molecule has 0 atom stereocenters. The van der Waals surface area contributed by atoms with E-state index in [0.717, 1.165) is 42.9 Å². The van der Waals surface area contributed by atoms with Crippen LogP contribution in [-0.4, -0.2) is 53.1 Å². The van der Waals surface area contributed by atoms with E-state index in [0.29, 0.717) is 19.0 Å². The molecule has 7 nitrogen and oxygen atoms in total. The number of benzene rings is 2. The van der Waals surface area contributed by atoms with Crippen molar-refractivity contribution in [1.82, 2.24) is 14.5 Å². The van der Waals surface area contributed by atoms with E-state index in [1.54, 1.807) is 16.7 Å². The Balaban J connectivity index is 0.00000240. The molecule has 0 aliphatic carbocycles. The molecule has 0 saturated carbocycles. The van der Waals surface area contributed by atoms with Gasteiger partial charge in [-0.1, -0.05) is 12.1 Å². The standard InChI is InChI=1S/C20H23FN6O.HI/c21-15-5-7-16(8-6-15)25-11-13-26(14-12-25)19(22)23-9-10-27-18-4-2-1-3-17(18)24-20(27)28;/h1-8H,9-14H2,(H2,22,23)(H,24,28);1H. The first-order chi connectivity index (χ1) is 13.6. The van der Waals surface area contributed by atoms with Gasteiger partial charge in [0.1, 0.15) is 5.82 Å². The highest BCUT2D eigenvalue weighted by atomic mass is 127. The zero-order valence-corrected chi connectivity index (χ0v) is 18.3. The Hall–Kier alpha value is -2.56. The van der Waals surface area contributed by atoms with E-state index in [-0.39, 0.29) is 35.5 Å². The number of aromatic amines is 1. The maximum atomic E-state index is 13.1. The van der Waals surface area contributed by atoms with E-state index < -0.39 is 0 Å². The monoisotopic (exact) mass is 510 g/mol. The number of hydrogen-bond donors (Lipinski definition) is 2. The van der Waals surface area contributed by atoms with Gasteiger partial charge in [-0.15, -0.1) is 24.0 Å². The smallest absolute Gasteiger partial charge is 0.326 e. The highest BCUT2D eigenvalue weighted by Crippen LogP contribution is 2.16. The van der Waals surface area contributed by atoms with E-state index in [4.69, 9.17) is 5.73 Å². The molecule has 154 valence electrons. The van der Waals surface area contributed by atoms with Gasteiger partial charge in [-0.3, -0.25) is 9.56 Å². The number of hydrogen-bond acceptors (Lipinski definition) is 3. The molecule has 0 amide bonds. The first-order valence-corrected chi connectivity index (χ1v) is 9.35. The third-order valence-electron chi connectivity index (χ3n) is 5.07. The van der Waals surface area contributed by atoms with Crippen LogP contribution >= 0.6 is 24.0 Å². The molecule has 3 aromatic rings. The molecule has 0 unspecified atom stereocenters. The van der Waals surface area contributed by atoms with Crippen LogP contribution in [0.4, 0.5) is 10.1 Å². The molecule has 29 heavy (non-hydrogen) atoms. The van der Waals surface area contributed by atoms with Crippen molar-refractivity contribution in [2.45, 2.75) is 6.54 Å². The normalized spacial score (nSPS) is 14.9. The summed E-state index contributed by atoms with van der Waals surface area (Å²) in [5.41, 5.74) is 8.72. The number of nitrogens with two attached hydrogens (primary N) is 1. The van der Waals surface area contributed by atoms with Gasteiger partial charge in [0.2, 0.25) is 0 Å². The molecule has 3 N–H and O–H groups in total. The summed E-state index contributed by atoms with van der Waals surface area (Å²) in [6, 6.07) is 14.1. The summed E-state index contributed by atoms with van der Waals surface area (Å²) in [6.07, 6.45) is 0. The Bertz CT molecular complexity index is 1040. The number of rotatable bonds is 4. The Morgan fingerprint density at radius 2 is 1.76 bits per heavy atom. The van der Waals surface area contributed by atoms with Gasteiger partial charge < -0.3 is 20.5 Å². The van der Waals surface area contributed by atoms with Crippen LogP contribution in [0.25, 0.3) is 11.0 Å². The van der Waals surface area contributed by atoms with Crippen LogP contribution in [0.5, 0.6) is 0 Å². The molecule has 2 heterocycles. The molecule has 2 aromatic carbocycles. The second-order valence-corrected chi connectivity index (χ2v) is 6.79. The topological polar surface area (TPSA) is 82.6 Å². The fourth-order valence-electron chi connectivity index (χ4n) is 3.54. The van der Waals surface area contributed by atoms with E-state index in [1.165, 1.54) is 12.1 Å². The van der Waals surface area contributed by atoms with Gasteiger partial charge in [0.25, 0.3) is 0 Å². The highest BCUT2D eigenvalue weighted by molar-refractivity contribution is 14.0. The summed E-state index contributed by atoms with van der Waals surface area (Å²) < 4.78 is 14.8. The fraction of sp³-hybridized carbons (Fsp3) is 0.300. The summed E-state index contributed by atoms with van der Waals surface area (Å²) in [6.45, 7) is 4.00. The lowest BCUT2D eigenvalue weighted by atomic mass is 10.2. The summed E-state index contributed by atoms with van der Waals surface area (Å²) >= 11 is 0. The SMILES string of the molecule is I.NC(=NCCn1c(=O)[nH]c2ccccc21)N1CCN(c2ccc(F)cc2)CC1. The lowest BCUT2D eigenvalue weighted by Crippen LogP contribution is -2.51. The van der Waals surface area contributed by atoms with E-state index in [2.05, 4.69) is 14.9 Å². The van der Waals surface area contributed by atoms with Gasteiger partial charge in [0.15, 0.2) is 5.96 Å². The van der Waals surface area contributed by atoms with Gasteiger partial charge in [0, 0.05) is 38.4 Å². The maximum absolute atomic E-state index is 13.1. The second-order valence-electron chi connectivity index (χ2n) is 6.79. The van der Waals surface area contributed by atoms with Crippen molar-refractivity contribution < 1.29 is 4.39 Å². The number of halogens is 2. The molecule has 0 radical (unpaired) electrons. The van der Waals surface area contributed by atoms with Crippen molar-refractivity contribution in [2.24, 2.45) is 10.7 Å². The van der Waals surface area contributed by atoms with Crippen LogP contribution in [0, 0.1) is 5.82 Å². The van der Waals surface area contributed by atoms with Gasteiger partial charge in [-0.05, 0) is 36.4 Å². The van der Waals surface area contributed by atoms with Crippen LogP contribution in [-0.2, 0) is 6.54 Å². The lowest BCUT2D eigenvalue weighted by Gasteiger charge is -2.36. The number of nitrogens with zero attached hydrogens (tertiary/aromatic N) is 4. The summed E-state index contributed by atoms with van der Waals surface area (Å²) in [5, 5.41) is 0. The van der Waals surface area contributed by atoms with Crippen molar-refractivity contribution >= 4 is 46.7 Å². The largest absolute Gasteiger partial charge is 0.370 e. The van der Waals surface area contributed by atoms with E-state index in [1.807, 2.05) is 29.2 Å². The number of H-pyrrole nitrogens is 1. The predicted molar refractivity (Wildman–Crippen MR) is 125 cm³/mol. The Morgan fingerprint density at radius 1 is 1.07 bits per heavy atom. The van der Waals surface area contributed by atoms with Gasteiger partial charge in [0.05, 0.1) is 17.6 Å². The third kappa shape index (κ3) is 4.72. The molecule has 1 fully saturated rings. The maximum Gasteiger partial charge on any atom is 0.326 e. The highest BCUT2D eigenvalue weighted by Gasteiger charge is 2.18. The van der Waals surface area contributed by atoms with E-state index >= 15 is 0 Å². The second kappa shape index (κ2) is 9.29. The summed E-state index contributed by atoms with van der Waals surface area (Å²) in [7, 11) is 0. The van der Waals surface area contributed by atoms with Crippen molar-refractivity contribution in [2.75, 3.05) is 37.6 Å². The molecular weight excluding hydrogens is 486 g/mol. The van der Waals surface area contributed by atoms with E-state index in [9.17, 15) is 9.18 Å². The molecule has 0 bridgehead atoms. The Labute approximate surface area is 185 Å². The van der Waals surface area contributed by atoms with Crippen molar-refractivity contribution in [1.29, 1.82) is 0 Å². The quantitative estimate of drug-likeness (QED) is 0.321. The summed E-state index contributed by atoms with van der Waals surface area (Å²) in [4.78, 5) is 23.6. The zero-order chi connectivity index (χ0) is 19.5. The number of guanidine groups is 1. The van der Waals surface area contributed by atoms with Gasteiger partial charge in [-0.2, -0.15) is 0 Å². The number of piperazine rings is 1. The predicted octanol–water partition coefficient (Wildman–Crippen LogP) is 2.22. The van der Waals surface area contributed by atoms with Crippen LogP contribution in [0.3, 0.4) is 0 Å². The molecule has 1 aromatic heterocycles. The molecule has 0 spiro atoms. The average Bonchev–Trinajstić information content (AvgIpc) is 3.04. The van der Waals surface area contributed by atoms with Crippen LogP contribution in [0.2, 0.25) is 0 Å². The first kappa shape index (κ1) is 21.2. The van der Waals surface area contributed by atoms with Gasteiger partial charge in [-0.25, -0.2) is 9.18 Å². The number of imidazole rings is 1. The molecule has 1 aliphatic heterocycles. The molecule has 1 saturated heterocycles. The summed E-state index contributed by atoms with van der Waals surface area (Å²) in [5.74, 6) is 0.264. The Morgan fingerprint density at radius 3 is 2.48 bits per heavy atom. The number of fused-ring (bicyclic) bond motifs is 1. The van der Waals surface area contributed by atoms with Crippen LogP contribution in [0.15, 0.2) is 58.3 Å².